The number of hydrogen-bond donors (Lipinski definition) is 2. The van der Waals surface area contributed by atoms with Crippen LogP contribution in [0.15, 0.2) is 42.5 Å². The molecule has 2 rings (SSSR count). The van der Waals surface area contributed by atoms with E-state index in [1.807, 2.05) is 5.32 Å². The average Bonchev–Trinajstić information content (AvgIpc) is 2.61. The summed E-state index contributed by atoms with van der Waals surface area (Å²) >= 11 is 0. The Morgan fingerprint density at radius 2 is 1.63 bits per heavy atom. The Bertz CT molecular complexity index is 899. The largest absolute Gasteiger partial charge is 0.494 e. The number of nitro benzene ring substituents is 1. The Kier molecular flexibility index (Phi) is 5.63. The molecule has 27 heavy (non-hydrogen) atoms. The third-order valence-corrected chi connectivity index (χ3v) is 3.33. The molecule has 142 valence electrons. The van der Waals surface area contributed by atoms with Crippen molar-refractivity contribution >= 4 is 28.9 Å². The second-order valence-corrected chi connectivity index (χ2v) is 5.09. The molecule has 0 heterocycles. The summed E-state index contributed by atoms with van der Waals surface area (Å²) < 4.78 is 43.7. The maximum absolute atomic E-state index is 12.9. The van der Waals surface area contributed by atoms with Crippen molar-refractivity contribution in [1.82, 2.24) is 0 Å². The Morgan fingerprint density at radius 1 is 1.04 bits per heavy atom. The maximum atomic E-state index is 12.9. The van der Waals surface area contributed by atoms with Gasteiger partial charge in [0.1, 0.15) is 5.75 Å². The van der Waals surface area contributed by atoms with Crippen LogP contribution in [0.1, 0.15) is 5.56 Å². The number of para-hydroxylation sites is 1. The lowest BCUT2D eigenvalue weighted by molar-refractivity contribution is -0.384. The molecule has 0 saturated heterocycles. The molecule has 0 aliphatic carbocycles. The number of carbonyl (C=O) groups is 2. The lowest BCUT2D eigenvalue weighted by atomic mass is 10.1. The van der Waals surface area contributed by atoms with Crippen LogP contribution in [0, 0.1) is 10.1 Å². The van der Waals surface area contributed by atoms with Gasteiger partial charge >= 0.3 is 18.0 Å². The molecule has 2 amide bonds. The van der Waals surface area contributed by atoms with Crippen molar-refractivity contribution in [3.05, 3.63) is 58.1 Å². The summed E-state index contributed by atoms with van der Waals surface area (Å²) in [5, 5.41) is 14.7. The van der Waals surface area contributed by atoms with Crippen molar-refractivity contribution in [1.29, 1.82) is 0 Å². The van der Waals surface area contributed by atoms with Gasteiger partial charge in [0.05, 0.1) is 35.0 Å². The van der Waals surface area contributed by atoms with Crippen LogP contribution >= 0.6 is 0 Å². The molecule has 2 aromatic rings. The molecule has 0 atom stereocenters. The van der Waals surface area contributed by atoms with Crippen molar-refractivity contribution in [3.8, 4) is 5.75 Å². The molecule has 0 aromatic heterocycles. The third-order valence-electron chi connectivity index (χ3n) is 3.33. The van der Waals surface area contributed by atoms with E-state index in [-0.39, 0.29) is 17.1 Å². The molecule has 2 N–H and O–H groups in total. The van der Waals surface area contributed by atoms with E-state index in [9.17, 15) is 32.9 Å². The summed E-state index contributed by atoms with van der Waals surface area (Å²) in [6, 6.07) is 7.38. The Balaban J connectivity index is 2.18. The standard InChI is InChI=1S/C16H12F3N3O5/c1-27-13-8-9(22(25)26)6-7-12(13)21-15(24)14(23)20-11-5-3-2-4-10(11)16(17,18)19/h2-8H,1H3,(H,20,23)(H,21,24). The number of alkyl halides is 3. The highest BCUT2D eigenvalue weighted by molar-refractivity contribution is 6.43. The van der Waals surface area contributed by atoms with E-state index in [1.165, 1.54) is 13.2 Å². The number of amides is 2. The lowest BCUT2D eigenvalue weighted by Crippen LogP contribution is -2.30. The van der Waals surface area contributed by atoms with Gasteiger partial charge in [0.15, 0.2) is 0 Å². The molecule has 0 fully saturated rings. The van der Waals surface area contributed by atoms with Gasteiger partial charge in [-0.1, -0.05) is 12.1 Å². The minimum Gasteiger partial charge on any atom is -0.494 e. The highest BCUT2D eigenvalue weighted by Crippen LogP contribution is 2.34. The van der Waals surface area contributed by atoms with Gasteiger partial charge in [0.25, 0.3) is 5.69 Å². The second kappa shape index (κ2) is 7.72. The first-order valence-corrected chi connectivity index (χ1v) is 7.24. The zero-order valence-corrected chi connectivity index (χ0v) is 13.7. The summed E-state index contributed by atoms with van der Waals surface area (Å²) in [7, 11) is 1.19. The van der Waals surface area contributed by atoms with Crippen molar-refractivity contribution in [2.45, 2.75) is 6.18 Å². The van der Waals surface area contributed by atoms with Crippen LogP contribution in [0.2, 0.25) is 0 Å². The number of nitro groups is 1. The van der Waals surface area contributed by atoms with Gasteiger partial charge in [-0.3, -0.25) is 19.7 Å². The van der Waals surface area contributed by atoms with Crippen molar-refractivity contribution in [2.75, 3.05) is 17.7 Å². The number of methoxy groups -OCH3 is 1. The number of nitrogens with one attached hydrogen (secondary N) is 2. The first kappa shape index (κ1) is 19.7. The van der Waals surface area contributed by atoms with Crippen molar-refractivity contribution in [2.24, 2.45) is 0 Å². The van der Waals surface area contributed by atoms with Gasteiger partial charge in [0, 0.05) is 6.07 Å². The molecule has 0 spiro atoms. The van der Waals surface area contributed by atoms with E-state index in [4.69, 9.17) is 4.74 Å². The fraction of sp³-hybridized carbons (Fsp3) is 0.125. The van der Waals surface area contributed by atoms with Crippen LogP contribution in [0.25, 0.3) is 0 Å². The van der Waals surface area contributed by atoms with Gasteiger partial charge in [-0.15, -0.1) is 0 Å². The van der Waals surface area contributed by atoms with E-state index in [0.717, 1.165) is 36.4 Å². The number of non-ortho nitro benzene ring substituents is 1. The fourth-order valence-electron chi connectivity index (χ4n) is 2.09. The van der Waals surface area contributed by atoms with Crippen LogP contribution in [-0.4, -0.2) is 23.8 Å². The molecule has 0 bridgehead atoms. The number of rotatable bonds is 4. The molecule has 8 nitrogen and oxygen atoms in total. The van der Waals surface area contributed by atoms with Gasteiger partial charge in [-0.05, 0) is 18.2 Å². The molecule has 0 radical (unpaired) electrons. The number of carbonyl (C=O) groups excluding carboxylic acids is 2. The van der Waals surface area contributed by atoms with Gasteiger partial charge in [-0.2, -0.15) is 13.2 Å². The summed E-state index contributed by atoms with van der Waals surface area (Å²) in [4.78, 5) is 34.0. The van der Waals surface area contributed by atoms with Gasteiger partial charge in [0.2, 0.25) is 0 Å². The average molecular weight is 383 g/mol. The number of hydrogen-bond acceptors (Lipinski definition) is 5. The maximum Gasteiger partial charge on any atom is 0.418 e. The Labute approximate surface area is 150 Å². The quantitative estimate of drug-likeness (QED) is 0.479. The smallest absolute Gasteiger partial charge is 0.418 e. The number of nitrogens with zero attached hydrogens (tertiary/aromatic N) is 1. The molecular weight excluding hydrogens is 371 g/mol. The third kappa shape index (κ3) is 4.71. The minimum atomic E-state index is -4.72. The minimum absolute atomic E-state index is 0.0626. The summed E-state index contributed by atoms with van der Waals surface area (Å²) in [6.45, 7) is 0. The Hall–Kier alpha value is -3.63. The second-order valence-electron chi connectivity index (χ2n) is 5.09. The first-order valence-electron chi connectivity index (χ1n) is 7.24. The summed E-state index contributed by atoms with van der Waals surface area (Å²) in [5.41, 5.74) is -2.07. The van der Waals surface area contributed by atoms with E-state index < -0.39 is 34.2 Å². The lowest BCUT2D eigenvalue weighted by Gasteiger charge is -2.14. The van der Waals surface area contributed by atoms with Gasteiger partial charge < -0.3 is 15.4 Å². The van der Waals surface area contributed by atoms with Crippen LogP contribution in [-0.2, 0) is 15.8 Å². The topological polar surface area (TPSA) is 111 Å². The zero-order chi connectivity index (χ0) is 20.2. The molecular formula is C16H12F3N3O5. The molecule has 0 aliphatic rings. The summed E-state index contributed by atoms with van der Waals surface area (Å²) in [5.74, 6) is -2.73. The Morgan fingerprint density at radius 3 is 2.19 bits per heavy atom. The monoisotopic (exact) mass is 383 g/mol. The SMILES string of the molecule is COc1cc([N+](=O)[O-])ccc1NC(=O)C(=O)Nc1ccccc1C(F)(F)F. The van der Waals surface area contributed by atoms with Crippen LogP contribution < -0.4 is 15.4 Å². The number of anilines is 2. The van der Waals surface area contributed by atoms with Crippen molar-refractivity contribution in [3.63, 3.8) is 0 Å². The van der Waals surface area contributed by atoms with E-state index in [0.29, 0.717) is 0 Å². The van der Waals surface area contributed by atoms with Gasteiger partial charge in [-0.25, -0.2) is 0 Å². The number of ether oxygens (including phenoxy) is 1. The van der Waals surface area contributed by atoms with E-state index in [1.54, 1.807) is 0 Å². The van der Waals surface area contributed by atoms with E-state index in [2.05, 4.69) is 5.32 Å². The summed E-state index contributed by atoms with van der Waals surface area (Å²) in [6.07, 6.45) is -4.72. The van der Waals surface area contributed by atoms with E-state index >= 15 is 0 Å². The van der Waals surface area contributed by atoms with Crippen molar-refractivity contribution < 1.29 is 32.4 Å². The number of halogens is 3. The zero-order valence-electron chi connectivity index (χ0n) is 13.7. The molecule has 0 aliphatic heterocycles. The normalized spacial score (nSPS) is 10.8. The first-order chi connectivity index (χ1) is 12.6. The number of benzene rings is 2. The van der Waals surface area contributed by atoms with Crippen LogP contribution in [0.3, 0.4) is 0 Å². The highest BCUT2D eigenvalue weighted by Gasteiger charge is 2.34. The van der Waals surface area contributed by atoms with Crippen LogP contribution in [0.5, 0.6) is 5.75 Å². The van der Waals surface area contributed by atoms with Crippen LogP contribution in [0.4, 0.5) is 30.2 Å². The highest BCUT2D eigenvalue weighted by atomic mass is 19.4. The molecule has 0 saturated carbocycles. The fourth-order valence-corrected chi connectivity index (χ4v) is 2.09. The molecule has 2 aromatic carbocycles. The molecule has 0 unspecified atom stereocenters. The molecule has 11 heteroatoms. The predicted molar refractivity (Wildman–Crippen MR) is 88.4 cm³/mol. The predicted octanol–water partition coefficient (Wildman–Crippen LogP) is 3.20.